The van der Waals surface area contributed by atoms with E-state index in [0.717, 1.165) is 10.6 Å². The van der Waals surface area contributed by atoms with Crippen LogP contribution in [-0.2, 0) is 0 Å². The molecule has 13 heavy (non-hydrogen) atoms. The van der Waals surface area contributed by atoms with E-state index in [1.54, 1.807) is 23.9 Å². The van der Waals surface area contributed by atoms with Crippen LogP contribution in [0.25, 0.3) is 0 Å². The number of nitrogens with zero attached hydrogens (tertiary/aromatic N) is 1. The minimum atomic E-state index is 0.459. The summed E-state index contributed by atoms with van der Waals surface area (Å²) in [4.78, 5) is 0.893. The van der Waals surface area contributed by atoms with Gasteiger partial charge < -0.3 is 0 Å². The van der Waals surface area contributed by atoms with Crippen LogP contribution in [0.4, 0.5) is 5.69 Å². The van der Waals surface area contributed by atoms with Crippen molar-refractivity contribution >= 4 is 17.4 Å². The van der Waals surface area contributed by atoms with E-state index < -0.39 is 0 Å². The van der Waals surface area contributed by atoms with E-state index in [2.05, 4.69) is 6.07 Å². The van der Waals surface area contributed by atoms with Gasteiger partial charge in [0.1, 0.15) is 6.07 Å². The highest BCUT2D eigenvalue weighted by Gasteiger charge is 2.06. The first-order valence-corrected chi connectivity index (χ1v) is 4.88. The summed E-state index contributed by atoms with van der Waals surface area (Å²) in [5.41, 5.74) is 2.97. The fraction of sp³-hybridized carbons (Fsp3) is 0.222. The van der Waals surface area contributed by atoms with Crippen molar-refractivity contribution in [2.24, 2.45) is 0 Å². The molecular formula is C9H10N2OS. The Kier molecular flexibility index (Phi) is 3.62. The van der Waals surface area contributed by atoms with Gasteiger partial charge in [0.25, 0.3) is 0 Å². The maximum absolute atomic E-state index is 8.84. The molecule has 1 aromatic carbocycles. The standard InChI is InChI=1S/C9H10N2OS/c1-2-13-9-5-3-4-8(11-12)7(9)6-10/h3-5,11-12H,2H2,1H3. The minimum absolute atomic E-state index is 0.459. The predicted molar refractivity (Wildman–Crippen MR) is 53.0 cm³/mol. The molecule has 0 aliphatic carbocycles. The van der Waals surface area contributed by atoms with Gasteiger partial charge in [-0.25, -0.2) is 0 Å². The lowest BCUT2D eigenvalue weighted by Crippen LogP contribution is -1.94. The average Bonchev–Trinajstić information content (AvgIpc) is 2.18. The van der Waals surface area contributed by atoms with Crippen LogP contribution in [0.3, 0.4) is 0 Å². The van der Waals surface area contributed by atoms with E-state index in [9.17, 15) is 0 Å². The van der Waals surface area contributed by atoms with Gasteiger partial charge in [0.05, 0.1) is 11.3 Å². The zero-order valence-electron chi connectivity index (χ0n) is 7.24. The molecule has 0 aliphatic rings. The van der Waals surface area contributed by atoms with Gasteiger partial charge in [-0.15, -0.1) is 11.8 Å². The summed E-state index contributed by atoms with van der Waals surface area (Å²) < 4.78 is 0. The zero-order chi connectivity index (χ0) is 9.68. The summed E-state index contributed by atoms with van der Waals surface area (Å²) in [7, 11) is 0. The lowest BCUT2D eigenvalue weighted by Gasteiger charge is -2.05. The molecule has 0 atom stereocenters. The molecule has 0 bridgehead atoms. The van der Waals surface area contributed by atoms with Crippen LogP contribution in [-0.4, -0.2) is 11.0 Å². The molecule has 1 aromatic rings. The van der Waals surface area contributed by atoms with Crippen LogP contribution in [0.2, 0.25) is 0 Å². The van der Waals surface area contributed by atoms with Gasteiger partial charge in [-0.2, -0.15) is 5.26 Å². The van der Waals surface area contributed by atoms with Crippen molar-refractivity contribution in [3.63, 3.8) is 0 Å². The number of nitriles is 1. The Morgan fingerprint density at radius 2 is 2.38 bits per heavy atom. The number of rotatable bonds is 3. The molecule has 2 N–H and O–H groups in total. The van der Waals surface area contributed by atoms with Gasteiger partial charge in [-0.1, -0.05) is 13.0 Å². The van der Waals surface area contributed by atoms with Crippen LogP contribution in [0.5, 0.6) is 0 Å². The van der Waals surface area contributed by atoms with E-state index >= 15 is 0 Å². The van der Waals surface area contributed by atoms with Crippen molar-refractivity contribution in [2.45, 2.75) is 11.8 Å². The normalized spacial score (nSPS) is 9.31. The van der Waals surface area contributed by atoms with Crippen LogP contribution < -0.4 is 5.48 Å². The van der Waals surface area contributed by atoms with E-state index in [4.69, 9.17) is 10.5 Å². The van der Waals surface area contributed by atoms with Gasteiger partial charge >= 0.3 is 0 Å². The van der Waals surface area contributed by atoms with Gasteiger partial charge in [0, 0.05) is 4.90 Å². The Morgan fingerprint density at radius 3 is 2.92 bits per heavy atom. The Morgan fingerprint density at radius 1 is 1.62 bits per heavy atom. The van der Waals surface area contributed by atoms with Gasteiger partial charge in [0.2, 0.25) is 0 Å². The second kappa shape index (κ2) is 4.75. The Balaban J connectivity index is 3.13. The summed E-state index contributed by atoms with van der Waals surface area (Å²) in [5, 5.41) is 17.6. The molecule has 68 valence electrons. The lowest BCUT2D eigenvalue weighted by molar-refractivity contribution is 0.388. The van der Waals surface area contributed by atoms with Crippen molar-refractivity contribution in [3.8, 4) is 6.07 Å². The molecule has 0 spiro atoms. The maximum atomic E-state index is 8.84. The number of nitrogens with one attached hydrogen (secondary N) is 1. The summed E-state index contributed by atoms with van der Waals surface area (Å²) in [6.07, 6.45) is 0. The molecule has 0 heterocycles. The van der Waals surface area contributed by atoms with E-state index in [1.165, 1.54) is 0 Å². The molecule has 0 unspecified atom stereocenters. The van der Waals surface area contributed by atoms with Crippen LogP contribution >= 0.6 is 11.8 Å². The van der Waals surface area contributed by atoms with Crippen LogP contribution in [0, 0.1) is 11.3 Å². The predicted octanol–water partition coefficient (Wildman–Crippen LogP) is 2.47. The highest BCUT2D eigenvalue weighted by atomic mass is 32.2. The van der Waals surface area contributed by atoms with Gasteiger partial charge in [-0.05, 0) is 17.9 Å². The molecule has 0 aromatic heterocycles. The summed E-state index contributed by atoms with van der Waals surface area (Å²) in [5.74, 6) is 0.906. The van der Waals surface area contributed by atoms with Crippen LogP contribution in [0.15, 0.2) is 23.1 Å². The topological polar surface area (TPSA) is 56.0 Å². The molecule has 0 amide bonds. The highest BCUT2D eigenvalue weighted by Crippen LogP contribution is 2.27. The summed E-state index contributed by atoms with van der Waals surface area (Å²) >= 11 is 1.58. The second-order valence-corrected chi connectivity index (χ2v) is 3.64. The first kappa shape index (κ1) is 9.90. The Bertz CT molecular complexity index is 333. The number of thioether (sulfide) groups is 1. The number of hydrogen-bond donors (Lipinski definition) is 2. The Hall–Kier alpha value is -1.18. The zero-order valence-corrected chi connectivity index (χ0v) is 8.06. The average molecular weight is 194 g/mol. The third-order valence-corrected chi connectivity index (χ3v) is 2.50. The maximum Gasteiger partial charge on any atom is 0.103 e. The molecule has 1 rings (SSSR count). The van der Waals surface area contributed by atoms with Crippen molar-refractivity contribution in [1.29, 1.82) is 5.26 Å². The van der Waals surface area contributed by atoms with Crippen molar-refractivity contribution < 1.29 is 5.21 Å². The van der Waals surface area contributed by atoms with Gasteiger partial charge in [0.15, 0.2) is 0 Å². The molecule has 0 radical (unpaired) electrons. The molecule has 0 saturated carbocycles. The first-order chi connectivity index (χ1) is 6.33. The fourth-order valence-electron chi connectivity index (χ4n) is 1.02. The molecule has 0 fully saturated rings. The fourth-order valence-corrected chi connectivity index (χ4v) is 1.80. The number of hydrogen-bond acceptors (Lipinski definition) is 4. The largest absolute Gasteiger partial charge is 0.291 e. The smallest absolute Gasteiger partial charge is 0.103 e. The van der Waals surface area contributed by atoms with E-state index in [1.807, 2.05) is 18.5 Å². The monoisotopic (exact) mass is 194 g/mol. The second-order valence-electron chi connectivity index (χ2n) is 2.34. The SMILES string of the molecule is CCSc1cccc(NO)c1C#N. The molecule has 3 nitrogen and oxygen atoms in total. The Labute approximate surface area is 81.3 Å². The summed E-state index contributed by atoms with van der Waals surface area (Å²) in [6.45, 7) is 2.02. The summed E-state index contributed by atoms with van der Waals surface area (Å²) in [6, 6.07) is 7.39. The lowest BCUT2D eigenvalue weighted by atomic mass is 10.2. The third kappa shape index (κ3) is 2.14. The van der Waals surface area contributed by atoms with Crippen molar-refractivity contribution in [2.75, 3.05) is 11.2 Å². The van der Waals surface area contributed by atoms with Crippen molar-refractivity contribution in [3.05, 3.63) is 23.8 Å². The minimum Gasteiger partial charge on any atom is -0.291 e. The molecule has 0 saturated heterocycles. The third-order valence-electron chi connectivity index (χ3n) is 1.56. The molecule has 0 aliphatic heterocycles. The molecular weight excluding hydrogens is 184 g/mol. The van der Waals surface area contributed by atoms with Gasteiger partial charge in [-0.3, -0.25) is 10.7 Å². The molecule has 4 heteroatoms. The number of anilines is 1. The highest BCUT2D eigenvalue weighted by molar-refractivity contribution is 7.99. The quantitative estimate of drug-likeness (QED) is 0.573. The van der Waals surface area contributed by atoms with E-state index in [-0.39, 0.29) is 0 Å². The van der Waals surface area contributed by atoms with Crippen molar-refractivity contribution in [1.82, 2.24) is 0 Å². The van der Waals surface area contributed by atoms with E-state index in [0.29, 0.717) is 11.3 Å². The van der Waals surface area contributed by atoms with Crippen LogP contribution in [0.1, 0.15) is 12.5 Å². The first-order valence-electron chi connectivity index (χ1n) is 3.89. The number of benzene rings is 1.